The summed E-state index contributed by atoms with van der Waals surface area (Å²) in [6.45, 7) is 15.1. The molecule has 2 heterocycles. The van der Waals surface area contributed by atoms with Crippen LogP contribution in [0.5, 0.6) is 0 Å². The zero-order chi connectivity index (χ0) is 19.0. The standard InChI is InChI=1S/C19H36N6O.HI/c1-6-20-18(21-11-9-13-25-12-8-7-10-15(25)2)22-14-16-23-17(26-24-16)19(3,4)5;/h15H,6-14H2,1-5H3,(H2,20,21,22);1H. The number of likely N-dealkylation sites (tertiary alicyclic amines) is 1. The van der Waals surface area contributed by atoms with Gasteiger partial charge in [-0.05, 0) is 39.7 Å². The van der Waals surface area contributed by atoms with E-state index in [0.29, 0.717) is 18.3 Å². The predicted molar refractivity (Wildman–Crippen MR) is 121 cm³/mol. The van der Waals surface area contributed by atoms with Crippen molar-refractivity contribution < 1.29 is 4.52 Å². The summed E-state index contributed by atoms with van der Waals surface area (Å²) in [7, 11) is 0. The molecule has 0 saturated carbocycles. The Bertz CT molecular complexity index is 569. The molecule has 0 radical (unpaired) electrons. The van der Waals surface area contributed by atoms with Crippen molar-refractivity contribution in [1.29, 1.82) is 0 Å². The topological polar surface area (TPSA) is 78.6 Å². The van der Waals surface area contributed by atoms with Gasteiger partial charge in [-0.2, -0.15) is 4.98 Å². The van der Waals surface area contributed by atoms with Crippen LogP contribution in [0.3, 0.4) is 0 Å². The summed E-state index contributed by atoms with van der Waals surface area (Å²) in [4.78, 5) is 11.6. The molecule has 0 amide bonds. The van der Waals surface area contributed by atoms with Crippen LogP contribution < -0.4 is 10.6 Å². The van der Waals surface area contributed by atoms with Crippen molar-refractivity contribution in [2.24, 2.45) is 4.99 Å². The van der Waals surface area contributed by atoms with Gasteiger partial charge in [0, 0.05) is 31.1 Å². The van der Waals surface area contributed by atoms with E-state index in [-0.39, 0.29) is 29.4 Å². The van der Waals surface area contributed by atoms with Crippen molar-refractivity contribution in [2.75, 3.05) is 26.2 Å². The second kappa shape index (κ2) is 11.8. The zero-order valence-electron chi connectivity index (χ0n) is 17.5. The largest absolute Gasteiger partial charge is 0.357 e. The fraction of sp³-hybridized carbons (Fsp3) is 0.842. The molecule has 0 bridgehead atoms. The van der Waals surface area contributed by atoms with Crippen LogP contribution in [0.2, 0.25) is 0 Å². The average molecular weight is 492 g/mol. The maximum Gasteiger partial charge on any atom is 0.232 e. The Morgan fingerprint density at radius 1 is 1.30 bits per heavy atom. The van der Waals surface area contributed by atoms with E-state index in [1.54, 1.807) is 0 Å². The van der Waals surface area contributed by atoms with E-state index in [9.17, 15) is 0 Å². The van der Waals surface area contributed by atoms with Gasteiger partial charge < -0.3 is 20.1 Å². The summed E-state index contributed by atoms with van der Waals surface area (Å²) in [5, 5.41) is 10.7. The van der Waals surface area contributed by atoms with E-state index in [1.807, 2.05) is 0 Å². The van der Waals surface area contributed by atoms with Crippen molar-refractivity contribution in [3.05, 3.63) is 11.7 Å². The van der Waals surface area contributed by atoms with Crippen LogP contribution in [0.4, 0.5) is 0 Å². The highest BCUT2D eigenvalue weighted by molar-refractivity contribution is 14.0. The number of nitrogens with zero attached hydrogens (tertiary/aromatic N) is 4. The van der Waals surface area contributed by atoms with Crippen LogP contribution >= 0.6 is 24.0 Å². The van der Waals surface area contributed by atoms with Crippen molar-refractivity contribution >= 4 is 29.9 Å². The summed E-state index contributed by atoms with van der Waals surface area (Å²) >= 11 is 0. The van der Waals surface area contributed by atoms with Crippen LogP contribution in [0.25, 0.3) is 0 Å². The summed E-state index contributed by atoms with van der Waals surface area (Å²) in [6, 6.07) is 0.723. The molecule has 27 heavy (non-hydrogen) atoms. The lowest BCUT2D eigenvalue weighted by molar-refractivity contribution is 0.159. The summed E-state index contributed by atoms with van der Waals surface area (Å²) in [5.41, 5.74) is -0.136. The minimum Gasteiger partial charge on any atom is -0.357 e. The number of aromatic nitrogens is 2. The van der Waals surface area contributed by atoms with Gasteiger partial charge >= 0.3 is 0 Å². The van der Waals surface area contributed by atoms with Crippen LogP contribution in [0.1, 0.15) is 72.0 Å². The van der Waals surface area contributed by atoms with E-state index in [2.05, 4.69) is 65.3 Å². The third kappa shape index (κ3) is 8.33. The minimum atomic E-state index is -0.136. The maximum atomic E-state index is 5.32. The molecule has 1 atom stereocenters. The fourth-order valence-corrected chi connectivity index (χ4v) is 3.09. The number of guanidine groups is 1. The number of hydrogen-bond acceptors (Lipinski definition) is 5. The average Bonchev–Trinajstić information content (AvgIpc) is 3.07. The highest BCUT2D eigenvalue weighted by Crippen LogP contribution is 2.19. The molecule has 156 valence electrons. The van der Waals surface area contributed by atoms with Crippen molar-refractivity contribution in [1.82, 2.24) is 25.7 Å². The molecule has 1 aliphatic heterocycles. The predicted octanol–water partition coefficient (Wildman–Crippen LogP) is 3.30. The highest BCUT2D eigenvalue weighted by atomic mass is 127. The van der Waals surface area contributed by atoms with Crippen molar-refractivity contribution in [3.63, 3.8) is 0 Å². The molecule has 8 heteroatoms. The summed E-state index contributed by atoms with van der Waals surface area (Å²) < 4.78 is 5.32. The van der Waals surface area contributed by atoms with Crippen molar-refractivity contribution in [3.8, 4) is 0 Å². The lowest BCUT2D eigenvalue weighted by Crippen LogP contribution is -2.41. The Labute approximate surface area is 181 Å². The van der Waals surface area contributed by atoms with Crippen LogP contribution in [-0.4, -0.2) is 53.2 Å². The number of rotatable bonds is 7. The second-order valence-electron chi connectivity index (χ2n) is 8.12. The normalized spacial score (nSPS) is 18.9. The lowest BCUT2D eigenvalue weighted by Gasteiger charge is -2.33. The molecule has 0 spiro atoms. The monoisotopic (exact) mass is 492 g/mol. The van der Waals surface area contributed by atoms with Gasteiger partial charge in [-0.3, -0.25) is 0 Å². The van der Waals surface area contributed by atoms with Crippen LogP contribution in [-0.2, 0) is 12.0 Å². The summed E-state index contributed by atoms with van der Waals surface area (Å²) in [5.74, 6) is 2.08. The van der Waals surface area contributed by atoms with E-state index < -0.39 is 0 Å². The van der Waals surface area contributed by atoms with Gasteiger partial charge in [0.2, 0.25) is 5.89 Å². The van der Waals surface area contributed by atoms with E-state index >= 15 is 0 Å². The third-order valence-electron chi connectivity index (χ3n) is 4.69. The van der Waals surface area contributed by atoms with E-state index in [4.69, 9.17) is 4.52 Å². The van der Waals surface area contributed by atoms with Gasteiger partial charge in [-0.1, -0.05) is 32.3 Å². The Balaban J connectivity index is 0.00000364. The first-order valence-electron chi connectivity index (χ1n) is 9.99. The number of nitrogens with one attached hydrogen (secondary N) is 2. The van der Waals surface area contributed by atoms with Crippen molar-refractivity contribution in [2.45, 2.75) is 78.3 Å². The molecule has 0 aliphatic carbocycles. The lowest BCUT2D eigenvalue weighted by atomic mass is 9.97. The molecule has 7 nitrogen and oxygen atoms in total. The van der Waals surface area contributed by atoms with Gasteiger partial charge in [0.1, 0.15) is 6.54 Å². The Morgan fingerprint density at radius 3 is 2.70 bits per heavy atom. The fourth-order valence-electron chi connectivity index (χ4n) is 3.09. The quantitative estimate of drug-likeness (QED) is 0.263. The number of hydrogen-bond donors (Lipinski definition) is 2. The maximum absolute atomic E-state index is 5.32. The Hall–Kier alpha value is -0.900. The molecule has 1 saturated heterocycles. The summed E-state index contributed by atoms with van der Waals surface area (Å²) in [6.07, 6.45) is 5.16. The molecule has 2 rings (SSSR count). The zero-order valence-corrected chi connectivity index (χ0v) is 19.9. The van der Waals surface area contributed by atoms with Gasteiger partial charge in [-0.25, -0.2) is 4.99 Å². The van der Waals surface area contributed by atoms with E-state index in [0.717, 1.165) is 38.1 Å². The second-order valence-corrected chi connectivity index (χ2v) is 8.12. The first-order chi connectivity index (χ1) is 12.4. The molecular weight excluding hydrogens is 455 g/mol. The van der Waals surface area contributed by atoms with Gasteiger partial charge in [0.25, 0.3) is 0 Å². The third-order valence-corrected chi connectivity index (χ3v) is 4.69. The SMILES string of the molecule is CCNC(=NCc1noc(C(C)(C)C)n1)NCCCN1CCCCC1C.I. The molecule has 1 fully saturated rings. The van der Waals surface area contributed by atoms with Gasteiger partial charge in [-0.15, -0.1) is 24.0 Å². The van der Waals surface area contributed by atoms with Crippen LogP contribution in [0, 0.1) is 0 Å². The molecule has 1 unspecified atom stereocenters. The molecular formula is C19H37IN6O. The van der Waals surface area contributed by atoms with Gasteiger partial charge in [0.15, 0.2) is 11.8 Å². The smallest absolute Gasteiger partial charge is 0.232 e. The van der Waals surface area contributed by atoms with Crippen LogP contribution in [0.15, 0.2) is 9.52 Å². The molecule has 0 aromatic carbocycles. The Morgan fingerprint density at radius 2 is 2.07 bits per heavy atom. The molecule has 2 N–H and O–H groups in total. The molecule has 1 aromatic rings. The highest BCUT2D eigenvalue weighted by Gasteiger charge is 2.21. The first kappa shape index (κ1) is 24.1. The first-order valence-corrected chi connectivity index (χ1v) is 9.99. The van der Waals surface area contributed by atoms with E-state index in [1.165, 1.54) is 25.8 Å². The Kier molecular flexibility index (Phi) is 10.6. The molecule has 1 aromatic heterocycles. The minimum absolute atomic E-state index is 0. The number of halogens is 1. The number of piperidine rings is 1. The van der Waals surface area contributed by atoms with Gasteiger partial charge in [0.05, 0.1) is 0 Å². The molecule has 1 aliphatic rings. The number of aliphatic imine (C=N–C) groups is 1.